The van der Waals surface area contributed by atoms with Crippen molar-refractivity contribution in [2.45, 2.75) is 27.4 Å². The monoisotopic (exact) mass is 586 g/mol. The molecule has 0 N–H and O–H groups in total. The molecule has 0 saturated carbocycles. The molecule has 0 aromatic heterocycles. The zero-order valence-electron chi connectivity index (χ0n) is 21.4. The molecule has 1 saturated heterocycles. The number of thiocarbonyl (C=S) groups is 1. The van der Waals surface area contributed by atoms with Crippen molar-refractivity contribution in [2.75, 3.05) is 29.5 Å². The van der Waals surface area contributed by atoms with E-state index in [0.29, 0.717) is 37.3 Å². The Labute approximate surface area is 243 Å². The van der Waals surface area contributed by atoms with Crippen LogP contribution in [0, 0.1) is 0 Å². The minimum absolute atomic E-state index is 0.177. The number of carbonyl (C=O) groups excluding carboxylic acids is 1. The highest BCUT2D eigenvalue weighted by Gasteiger charge is 2.33. The van der Waals surface area contributed by atoms with E-state index in [2.05, 4.69) is 18.7 Å². The van der Waals surface area contributed by atoms with E-state index in [9.17, 15) is 4.79 Å². The third kappa shape index (κ3) is 6.46. The zero-order chi connectivity index (χ0) is 27.2. The summed E-state index contributed by atoms with van der Waals surface area (Å²) < 4.78 is 12.3. The van der Waals surface area contributed by atoms with Gasteiger partial charge in [-0.15, -0.1) is 0 Å². The molecule has 0 unspecified atom stereocenters. The van der Waals surface area contributed by atoms with Crippen molar-refractivity contribution in [3.63, 3.8) is 0 Å². The molecule has 1 aliphatic heterocycles. The first-order valence-electron chi connectivity index (χ1n) is 12.3. The van der Waals surface area contributed by atoms with Crippen LogP contribution in [0.3, 0.4) is 0 Å². The van der Waals surface area contributed by atoms with Crippen LogP contribution in [0.2, 0.25) is 10.0 Å². The second-order valence-corrected chi connectivity index (χ2v) is 10.9. The number of thioether (sulfide) groups is 1. The van der Waals surface area contributed by atoms with Crippen LogP contribution in [-0.2, 0) is 11.4 Å². The van der Waals surface area contributed by atoms with Gasteiger partial charge >= 0.3 is 0 Å². The minimum Gasteiger partial charge on any atom is -0.494 e. The fourth-order valence-corrected chi connectivity index (χ4v) is 5.79. The normalized spacial score (nSPS) is 14.3. The van der Waals surface area contributed by atoms with E-state index in [0.717, 1.165) is 35.7 Å². The van der Waals surface area contributed by atoms with Crippen molar-refractivity contribution < 1.29 is 14.3 Å². The molecule has 0 radical (unpaired) electrons. The Morgan fingerprint density at radius 2 is 1.71 bits per heavy atom. The molecule has 5 nitrogen and oxygen atoms in total. The Morgan fingerprint density at radius 3 is 2.37 bits per heavy atom. The molecular formula is C29H28Cl2N2O3S2. The summed E-state index contributed by atoms with van der Waals surface area (Å²) in [7, 11) is 0. The van der Waals surface area contributed by atoms with E-state index in [1.54, 1.807) is 17.0 Å². The van der Waals surface area contributed by atoms with E-state index in [4.69, 9.17) is 44.9 Å². The summed E-state index contributed by atoms with van der Waals surface area (Å²) >= 11 is 19.3. The average molecular weight is 588 g/mol. The summed E-state index contributed by atoms with van der Waals surface area (Å²) in [6, 6.07) is 18.7. The van der Waals surface area contributed by atoms with Gasteiger partial charge in [0.05, 0.1) is 17.2 Å². The van der Waals surface area contributed by atoms with E-state index >= 15 is 0 Å². The van der Waals surface area contributed by atoms with Gasteiger partial charge < -0.3 is 14.4 Å². The van der Waals surface area contributed by atoms with Crippen molar-refractivity contribution in [3.05, 3.63) is 86.7 Å². The third-order valence-corrected chi connectivity index (χ3v) is 7.90. The third-order valence-electron chi connectivity index (χ3n) is 6.01. The number of hydrogen-bond donors (Lipinski definition) is 0. The summed E-state index contributed by atoms with van der Waals surface area (Å²) in [6.07, 6.45) is 1.83. The molecule has 0 bridgehead atoms. The van der Waals surface area contributed by atoms with Crippen LogP contribution in [0.5, 0.6) is 11.5 Å². The molecule has 3 aromatic carbocycles. The molecule has 1 aliphatic rings. The largest absolute Gasteiger partial charge is 0.494 e. The maximum absolute atomic E-state index is 13.4. The standard InChI is InChI=1S/C29H28Cl2N2O3S2/c1-4-32(5-2)23-10-8-19(26(17-23)36-18-20-7-9-21(30)16-25(20)31)15-27-28(34)33(29(37)38-27)22-11-13-24(14-12-22)35-6-3/h7-17H,4-6,18H2,1-3H3. The van der Waals surface area contributed by atoms with Gasteiger partial charge in [0.2, 0.25) is 0 Å². The number of rotatable bonds is 10. The maximum Gasteiger partial charge on any atom is 0.270 e. The van der Waals surface area contributed by atoms with Gasteiger partial charge in [0.25, 0.3) is 5.91 Å². The number of hydrogen-bond acceptors (Lipinski definition) is 6. The van der Waals surface area contributed by atoms with Crippen molar-refractivity contribution in [2.24, 2.45) is 0 Å². The number of anilines is 2. The van der Waals surface area contributed by atoms with Gasteiger partial charge in [0, 0.05) is 46.0 Å². The summed E-state index contributed by atoms with van der Waals surface area (Å²) in [6.45, 7) is 8.70. The molecular weight excluding hydrogens is 559 g/mol. The van der Waals surface area contributed by atoms with E-state index < -0.39 is 0 Å². The first-order valence-corrected chi connectivity index (χ1v) is 14.3. The van der Waals surface area contributed by atoms with Crippen molar-refractivity contribution in [3.8, 4) is 11.5 Å². The number of halogens is 2. The first kappa shape index (κ1) is 28.3. The van der Waals surface area contributed by atoms with Gasteiger partial charge in [-0.1, -0.05) is 53.2 Å². The Hall–Kier alpha value is -2.71. The van der Waals surface area contributed by atoms with Crippen LogP contribution in [0.15, 0.2) is 65.6 Å². The van der Waals surface area contributed by atoms with Gasteiger partial charge in [0.1, 0.15) is 18.1 Å². The van der Waals surface area contributed by atoms with Gasteiger partial charge in [0.15, 0.2) is 4.32 Å². The highest BCUT2D eigenvalue weighted by atomic mass is 35.5. The predicted molar refractivity (Wildman–Crippen MR) is 164 cm³/mol. The Balaban J connectivity index is 1.64. The lowest BCUT2D eigenvalue weighted by Gasteiger charge is -2.22. The fourth-order valence-electron chi connectivity index (χ4n) is 4.04. The van der Waals surface area contributed by atoms with Gasteiger partial charge in [-0.25, -0.2) is 0 Å². The van der Waals surface area contributed by atoms with Gasteiger partial charge in [-0.2, -0.15) is 0 Å². The topological polar surface area (TPSA) is 42.0 Å². The van der Waals surface area contributed by atoms with Crippen LogP contribution >= 0.6 is 47.2 Å². The second kappa shape index (κ2) is 12.9. The fraction of sp³-hybridized carbons (Fsp3) is 0.241. The summed E-state index contributed by atoms with van der Waals surface area (Å²) in [4.78, 5) is 17.7. The molecule has 0 spiro atoms. The molecule has 38 heavy (non-hydrogen) atoms. The number of nitrogens with zero attached hydrogens (tertiary/aromatic N) is 2. The smallest absolute Gasteiger partial charge is 0.270 e. The van der Waals surface area contributed by atoms with Crippen molar-refractivity contribution in [1.82, 2.24) is 0 Å². The molecule has 0 atom stereocenters. The van der Waals surface area contributed by atoms with Crippen LogP contribution in [0.25, 0.3) is 6.08 Å². The highest BCUT2D eigenvalue weighted by molar-refractivity contribution is 8.27. The number of carbonyl (C=O) groups is 1. The highest BCUT2D eigenvalue weighted by Crippen LogP contribution is 2.38. The SMILES string of the molecule is CCOc1ccc(N2C(=O)C(=Cc3ccc(N(CC)CC)cc3OCc3ccc(Cl)cc3Cl)SC2=S)cc1. The molecule has 9 heteroatoms. The molecule has 1 amide bonds. The number of ether oxygens (including phenoxy) is 2. The molecule has 198 valence electrons. The zero-order valence-corrected chi connectivity index (χ0v) is 24.5. The minimum atomic E-state index is -0.177. The lowest BCUT2D eigenvalue weighted by atomic mass is 10.1. The van der Waals surface area contributed by atoms with Gasteiger partial charge in [-0.3, -0.25) is 9.69 Å². The summed E-state index contributed by atoms with van der Waals surface area (Å²) in [5.74, 6) is 1.21. The molecule has 4 rings (SSSR count). The average Bonchev–Trinajstić information content (AvgIpc) is 3.18. The first-order chi connectivity index (χ1) is 18.3. The van der Waals surface area contributed by atoms with Crippen LogP contribution in [0.1, 0.15) is 31.9 Å². The summed E-state index contributed by atoms with van der Waals surface area (Å²) in [5, 5.41) is 1.10. The molecule has 1 fully saturated rings. The Kier molecular flexibility index (Phi) is 9.60. The summed E-state index contributed by atoms with van der Waals surface area (Å²) in [5.41, 5.74) is 3.33. The van der Waals surface area contributed by atoms with Crippen LogP contribution in [-0.4, -0.2) is 29.9 Å². The van der Waals surface area contributed by atoms with Crippen LogP contribution < -0.4 is 19.3 Å². The molecule has 3 aromatic rings. The number of amides is 1. The number of benzene rings is 3. The molecule has 0 aliphatic carbocycles. The van der Waals surface area contributed by atoms with E-state index in [1.165, 1.54) is 11.8 Å². The maximum atomic E-state index is 13.4. The quantitative estimate of drug-likeness (QED) is 0.176. The Morgan fingerprint density at radius 1 is 0.974 bits per heavy atom. The molecule has 1 heterocycles. The Bertz CT molecular complexity index is 1360. The van der Waals surface area contributed by atoms with E-state index in [1.807, 2.05) is 61.5 Å². The lowest BCUT2D eigenvalue weighted by molar-refractivity contribution is -0.113. The predicted octanol–water partition coefficient (Wildman–Crippen LogP) is 8.22. The second-order valence-electron chi connectivity index (χ2n) is 8.36. The lowest BCUT2D eigenvalue weighted by Crippen LogP contribution is -2.27. The van der Waals surface area contributed by atoms with Crippen LogP contribution in [0.4, 0.5) is 11.4 Å². The van der Waals surface area contributed by atoms with Crippen molar-refractivity contribution >= 4 is 74.9 Å². The van der Waals surface area contributed by atoms with Crippen molar-refractivity contribution in [1.29, 1.82) is 0 Å². The van der Waals surface area contributed by atoms with Gasteiger partial charge in [-0.05, 0) is 75.4 Å². The van der Waals surface area contributed by atoms with E-state index in [-0.39, 0.29) is 12.5 Å².